The molecule has 7 heavy (non-hydrogen) atoms. The number of halogens is 1. The second-order valence-corrected chi connectivity index (χ2v) is 4.07. The number of rotatable bonds is 2. The topological polar surface area (TPSA) is 26.3 Å². The van der Waals surface area contributed by atoms with Crippen LogP contribution in [0.4, 0.5) is 0 Å². The Morgan fingerprint density at radius 2 is 2.43 bits per heavy atom. The SMILES string of the molecule is C=CP(=O)(Cl)OC. The molecule has 0 heterocycles. The minimum atomic E-state index is -2.92. The van der Waals surface area contributed by atoms with Gasteiger partial charge < -0.3 is 4.52 Å². The average molecular weight is 141 g/mol. The zero-order chi connectivity index (χ0) is 5.91. The Morgan fingerprint density at radius 3 is 2.43 bits per heavy atom. The van der Waals surface area contributed by atoms with Gasteiger partial charge in [-0.05, 0) is 11.2 Å². The average Bonchev–Trinajstić information content (AvgIpc) is 1.68. The van der Waals surface area contributed by atoms with E-state index in [9.17, 15) is 4.57 Å². The predicted octanol–water partition coefficient (Wildman–Crippen LogP) is 2.21. The first-order chi connectivity index (χ1) is 3.12. The fourth-order valence-electron chi connectivity index (χ4n) is 0.0745. The molecule has 0 N–H and O–H groups in total. The van der Waals surface area contributed by atoms with Gasteiger partial charge in [-0.3, -0.25) is 4.57 Å². The summed E-state index contributed by atoms with van der Waals surface area (Å²) >= 11 is 5.12. The summed E-state index contributed by atoms with van der Waals surface area (Å²) < 4.78 is 14.7. The molecule has 0 rings (SSSR count). The summed E-state index contributed by atoms with van der Waals surface area (Å²) in [6, 6.07) is 0. The lowest BCUT2D eigenvalue weighted by molar-refractivity contribution is 0.416. The van der Waals surface area contributed by atoms with E-state index >= 15 is 0 Å². The molecule has 0 aliphatic carbocycles. The Morgan fingerprint density at radius 1 is 2.00 bits per heavy atom. The van der Waals surface area contributed by atoms with Gasteiger partial charge in [0.2, 0.25) is 0 Å². The van der Waals surface area contributed by atoms with Gasteiger partial charge in [-0.1, -0.05) is 6.58 Å². The highest BCUT2D eigenvalue weighted by molar-refractivity contribution is 7.87. The van der Waals surface area contributed by atoms with Gasteiger partial charge in [0.25, 0.3) is 0 Å². The third-order valence-corrected chi connectivity index (χ3v) is 2.23. The molecule has 1 atom stereocenters. The zero-order valence-corrected chi connectivity index (χ0v) is 5.58. The predicted molar refractivity (Wildman–Crippen MR) is 30.7 cm³/mol. The van der Waals surface area contributed by atoms with Crippen LogP contribution in [0.1, 0.15) is 0 Å². The molecular formula is C3H6ClO2P. The van der Waals surface area contributed by atoms with Gasteiger partial charge in [0.15, 0.2) is 0 Å². The molecule has 0 radical (unpaired) electrons. The third-order valence-electron chi connectivity index (χ3n) is 0.467. The van der Waals surface area contributed by atoms with Crippen LogP contribution in [0.15, 0.2) is 12.4 Å². The molecule has 0 saturated heterocycles. The normalized spacial score (nSPS) is 18.0. The van der Waals surface area contributed by atoms with E-state index in [1.807, 2.05) is 0 Å². The Kier molecular flexibility index (Phi) is 2.59. The molecule has 0 bridgehead atoms. The Bertz CT molecular complexity index is 112. The summed E-state index contributed by atoms with van der Waals surface area (Å²) in [5.41, 5.74) is 0. The Hall–Kier alpha value is 0.220. The molecule has 2 nitrogen and oxygen atoms in total. The van der Waals surface area contributed by atoms with E-state index in [4.69, 9.17) is 11.2 Å². The second kappa shape index (κ2) is 2.51. The largest absolute Gasteiger partial charge is 0.318 e. The van der Waals surface area contributed by atoms with E-state index in [0.29, 0.717) is 0 Å². The standard InChI is InChI=1S/C3H6ClO2P/c1-3-7(4,5)6-2/h3H,1H2,2H3. The van der Waals surface area contributed by atoms with Gasteiger partial charge >= 0.3 is 6.72 Å². The van der Waals surface area contributed by atoms with Crippen LogP contribution in [-0.2, 0) is 9.09 Å². The molecule has 0 saturated carbocycles. The molecule has 0 aliphatic heterocycles. The summed E-state index contributed by atoms with van der Waals surface area (Å²) in [6.45, 7) is 0.265. The number of hydrogen-bond acceptors (Lipinski definition) is 2. The van der Waals surface area contributed by atoms with Gasteiger partial charge in [-0.2, -0.15) is 0 Å². The molecule has 0 spiro atoms. The smallest absolute Gasteiger partial charge is 0.311 e. The third kappa shape index (κ3) is 2.86. The van der Waals surface area contributed by atoms with Gasteiger partial charge in [-0.25, -0.2) is 0 Å². The van der Waals surface area contributed by atoms with Crippen LogP contribution in [0.2, 0.25) is 0 Å². The van der Waals surface area contributed by atoms with E-state index in [1.54, 1.807) is 0 Å². The van der Waals surface area contributed by atoms with Gasteiger partial charge in [0.1, 0.15) is 0 Å². The van der Waals surface area contributed by atoms with Crippen LogP contribution in [-0.4, -0.2) is 7.11 Å². The molecule has 0 aliphatic rings. The highest BCUT2D eigenvalue weighted by atomic mass is 35.7. The van der Waals surface area contributed by atoms with Gasteiger partial charge in [0.05, 0.1) is 0 Å². The highest BCUT2D eigenvalue weighted by Gasteiger charge is 2.08. The first-order valence-corrected chi connectivity index (χ1v) is 4.21. The van der Waals surface area contributed by atoms with Crippen molar-refractivity contribution in [3.05, 3.63) is 12.4 Å². The van der Waals surface area contributed by atoms with Crippen molar-refractivity contribution in [2.45, 2.75) is 0 Å². The first-order valence-electron chi connectivity index (χ1n) is 1.61. The summed E-state index contributed by atoms with van der Waals surface area (Å²) in [5, 5.41) is 0. The monoisotopic (exact) mass is 140 g/mol. The first kappa shape index (κ1) is 7.22. The summed E-state index contributed by atoms with van der Waals surface area (Å²) in [5.74, 6) is 1.09. The van der Waals surface area contributed by atoms with Crippen LogP contribution in [0.3, 0.4) is 0 Å². The van der Waals surface area contributed by atoms with Crippen molar-refractivity contribution in [3.8, 4) is 0 Å². The molecular weight excluding hydrogens is 134 g/mol. The molecule has 0 aromatic rings. The fourth-order valence-corrected chi connectivity index (χ4v) is 0.224. The summed E-state index contributed by atoms with van der Waals surface area (Å²) in [7, 11) is 1.27. The van der Waals surface area contributed by atoms with Crippen molar-refractivity contribution in [3.63, 3.8) is 0 Å². The zero-order valence-electron chi connectivity index (χ0n) is 3.93. The van der Waals surface area contributed by atoms with Crippen molar-refractivity contribution in [1.29, 1.82) is 0 Å². The molecule has 0 aromatic carbocycles. The van der Waals surface area contributed by atoms with Crippen LogP contribution in [0, 0.1) is 0 Å². The van der Waals surface area contributed by atoms with Crippen LogP contribution >= 0.6 is 18.0 Å². The second-order valence-electron chi connectivity index (χ2n) is 0.886. The van der Waals surface area contributed by atoms with Gasteiger partial charge in [-0.15, -0.1) is 0 Å². The van der Waals surface area contributed by atoms with Gasteiger partial charge in [0, 0.05) is 12.9 Å². The van der Waals surface area contributed by atoms with Crippen molar-refractivity contribution >= 4 is 18.0 Å². The molecule has 4 heteroatoms. The number of hydrogen-bond donors (Lipinski definition) is 0. The summed E-state index contributed by atoms with van der Waals surface area (Å²) in [6.07, 6.45) is 0. The molecule has 42 valence electrons. The minimum Gasteiger partial charge on any atom is -0.318 e. The Labute approximate surface area is 47.4 Å². The maximum atomic E-state index is 10.4. The Balaban J connectivity index is 3.85. The van der Waals surface area contributed by atoms with E-state index < -0.39 is 6.72 Å². The van der Waals surface area contributed by atoms with Crippen molar-refractivity contribution < 1.29 is 9.09 Å². The van der Waals surface area contributed by atoms with Crippen LogP contribution in [0.25, 0.3) is 0 Å². The quantitative estimate of drug-likeness (QED) is 0.550. The van der Waals surface area contributed by atoms with Crippen LogP contribution in [0.5, 0.6) is 0 Å². The minimum absolute atomic E-state index is 1.09. The lowest BCUT2D eigenvalue weighted by atomic mass is 11.3. The van der Waals surface area contributed by atoms with E-state index in [-0.39, 0.29) is 0 Å². The van der Waals surface area contributed by atoms with E-state index in [2.05, 4.69) is 11.1 Å². The van der Waals surface area contributed by atoms with Crippen molar-refractivity contribution in [1.82, 2.24) is 0 Å². The lowest BCUT2D eigenvalue weighted by Crippen LogP contribution is -1.65. The van der Waals surface area contributed by atoms with E-state index in [0.717, 1.165) is 5.82 Å². The van der Waals surface area contributed by atoms with E-state index in [1.165, 1.54) is 7.11 Å². The lowest BCUT2D eigenvalue weighted by Gasteiger charge is -1.96. The molecule has 0 aromatic heterocycles. The van der Waals surface area contributed by atoms with Crippen molar-refractivity contribution in [2.24, 2.45) is 0 Å². The van der Waals surface area contributed by atoms with Crippen LogP contribution < -0.4 is 0 Å². The molecule has 1 unspecified atom stereocenters. The maximum absolute atomic E-state index is 10.4. The molecule has 0 fully saturated rings. The summed E-state index contributed by atoms with van der Waals surface area (Å²) in [4.78, 5) is 0. The molecule has 0 amide bonds. The maximum Gasteiger partial charge on any atom is 0.311 e. The van der Waals surface area contributed by atoms with Crippen molar-refractivity contribution in [2.75, 3.05) is 7.11 Å². The fraction of sp³-hybridized carbons (Fsp3) is 0.333. The highest BCUT2D eigenvalue weighted by Crippen LogP contribution is 2.52.